The van der Waals surface area contributed by atoms with Gasteiger partial charge in [-0.2, -0.15) is 0 Å². The first-order valence-electron chi connectivity index (χ1n) is 5.56. The highest BCUT2D eigenvalue weighted by molar-refractivity contribution is 5.39. The van der Waals surface area contributed by atoms with Crippen LogP contribution in [0.5, 0.6) is 0 Å². The minimum atomic E-state index is -0.277. The third-order valence-electron chi connectivity index (χ3n) is 3.01. The summed E-state index contributed by atoms with van der Waals surface area (Å²) in [6.07, 6.45) is 1.63. The Morgan fingerprint density at radius 2 is 2.06 bits per heavy atom. The lowest BCUT2D eigenvalue weighted by molar-refractivity contribution is 0.611. The molecular weight excluding hydrogens is 217 g/mol. The van der Waals surface area contributed by atoms with Crippen molar-refractivity contribution in [1.82, 2.24) is 9.55 Å². The van der Waals surface area contributed by atoms with Crippen LogP contribution in [0.15, 0.2) is 24.5 Å². The van der Waals surface area contributed by atoms with Gasteiger partial charge in [-0.05, 0) is 38.5 Å². The zero-order valence-corrected chi connectivity index (χ0v) is 10.2. The predicted molar refractivity (Wildman–Crippen MR) is 65.6 cm³/mol. The van der Waals surface area contributed by atoms with Crippen molar-refractivity contribution in [1.29, 1.82) is 0 Å². The molecule has 2 aromatic rings. The number of hydrogen-bond acceptors (Lipinski definition) is 2. The summed E-state index contributed by atoms with van der Waals surface area (Å²) in [6.45, 7) is 5.66. The molecule has 1 aromatic carbocycles. The predicted octanol–water partition coefficient (Wildman–Crippen LogP) is 2.65. The van der Waals surface area contributed by atoms with E-state index in [1.807, 2.05) is 26.8 Å². The van der Waals surface area contributed by atoms with Gasteiger partial charge in [-0.25, -0.2) is 9.37 Å². The number of nitrogens with two attached hydrogens (primary N) is 1. The zero-order chi connectivity index (χ0) is 12.6. The first-order valence-corrected chi connectivity index (χ1v) is 5.56. The molecule has 0 radical (unpaired) electrons. The third kappa shape index (κ3) is 2.08. The van der Waals surface area contributed by atoms with Gasteiger partial charge in [-0.15, -0.1) is 0 Å². The molecule has 0 aliphatic heterocycles. The van der Waals surface area contributed by atoms with Gasteiger partial charge in [0.2, 0.25) is 0 Å². The summed E-state index contributed by atoms with van der Waals surface area (Å²) in [4.78, 5) is 4.16. The molecule has 0 aliphatic carbocycles. The summed E-state index contributed by atoms with van der Waals surface area (Å²) in [5.41, 5.74) is 8.86. The summed E-state index contributed by atoms with van der Waals surface area (Å²) in [6, 6.07) is 4.90. The second kappa shape index (κ2) is 4.30. The second-order valence-corrected chi connectivity index (χ2v) is 4.28. The molecule has 0 saturated heterocycles. The Kier molecular flexibility index (Phi) is 2.98. The molecule has 4 heteroatoms. The maximum atomic E-state index is 14.0. The fourth-order valence-electron chi connectivity index (χ4n) is 1.74. The molecule has 0 spiro atoms. The van der Waals surface area contributed by atoms with Crippen molar-refractivity contribution >= 4 is 0 Å². The van der Waals surface area contributed by atoms with Gasteiger partial charge in [0.25, 0.3) is 0 Å². The first-order chi connectivity index (χ1) is 8.00. The Balaban J connectivity index is 2.50. The molecule has 0 fully saturated rings. The number of aryl methyl sites for hydroxylation is 1. The standard InChI is InChI=1S/C13H16FN3/c1-8(15)11-4-5-13(12(14)6-11)17-7-16-9(2)10(17)3/h4-8H,15H2,1-3H3/t8-/m0/s1. The van der Waals surface area contributed by atoms with Gasteiger partial charge in [0.1, 0.15) is 5.82 Å². The molecule has 0 unspecified atom stereocenters. The highest BCUT2D eigenvalue weighted by Crippen LogP contribution is 2.20. The van der Waals surface area contributed by atoms with Crippen LogP contribution in [0.2, 0.25) is 0 Å². The first kappa shape index (κ1) is 11.8. The molecule has 1 aromatic heterocycles. The van der Waals surface area contributed by atoms with Crippen LogP contribution in [-0.4, -0.2) is 9.55 Å². The van der Waals surface area contributed by atoms with Gasteiger partial charge < -0.3 is 10.3 Å². The van der Waals surface area contributed by atoms with E-state index in [0.717, 1.165) is 17.0 Å². The van der Waals surface area contributed by atoms with E-state index in [1.54, 1.807) is 17.0 Å². The fraction of sp³-hybridized carbons (Fsp3) is 0.308. The van der Waals surface area contributed by atoms with Crippen LogP contribution in [0.4, 0.5) is 4.39 Å². The summed E-state index contributed by atoms with van der Waals surface area (Å²) in [5, 5.41) is 0. The van der Waals surface area contributed by atoms with Gasteiger partial charge in [-0.1, -0.05) is 6.07 Å². The minimum absolute atomic E-state index is 0.163. The third-order valence-corrected chi connectivity index (χ3v) is 3.01. The number of nitrogens with zero attached hydrogens (tertiary/aromatic N) is 2. The molecular formula is C13H16FN3. The Morgan fingerprint density at radius 3 is 2.53 bits per heavy atom. The van der Waals surface area contributed by atoms with Crippen molar-refractivity contribution in [3.63, 3.8) is 0 Å². The highest BCUT2D eigenvalue weighted by Gasteiger charge is 2.10. The van der Waals surface area contributed by atoms with E-state index >= 15 is 0 Å². The van der Waals surface area contributed by atoms with Crippen LogP contribution in [0.3, 0.4) is 0 Å². The van der Waals surface area contributed by atoms with Gasteiger partial charge >= 0.3 is 0 Å². The topological polar surface area (TPSA) is 43.8 Å². The van der Waals surface area contributed by atoms with Crippen molar-refractivity contribution in [3.05, 3.63) is 47.3 Å². The summed E-state index contributed by atoms with van der Waals surface area (Å²) in [5.74, 6) is -0.277. The van der Waals surface area contributed by atoms with E-state index < -0.39 is 0 Å². The number of benzene rings is 1. The summed E-state index contributed by atoms with van der Waals surface area (Å²) in [7, 11) is 0. The van der Waals surface area contributed by atoms with Crippen LogP contribution in [0.25, 0.3) is 5.69 Å². The van der Waals surface area contributed by atoms with E-state index in [9.17, 15) is 4.39 Å². The molecule has 0 amide bonds. The lowest BCUT2D eigenvalue weighted by atomic mass is 10.1. The number of hydrogen-bond donors (Lipinski definition) is 1. The van der Waals surface area contributed by atoms with Crippen LogP contribution >= 0.6 is 0 Å². The van der Waals surface area contributed by atoms with Crippen molar-refractivity contribution in [2.75, 3.05) is 0 Å². The molecule has 0 bridgehead atoms. The average Bonchev–Trinajstić information content (AvgIpc) is 2.60. The average molecular weight is 233 g/mol. The molecule has 1 atom stereocenters. The zero-order valence-electron chi connectivity index (χ0n) is 10.2. The Hall–Kier alpha value is -1.68. The molecule has 90 valence electrons. The summed E-state index contributed by atoms with van der Waals surface area (Å²) >= 11 is 0. The Labute approximate surface area is 100 Å². The van der Waals surface area contributed by atoms with E-state index in [4.69, 9.17) is 5.73 Å². The molecule has 2 rings (SSSR count). The smallest absolute Gasteiger partial charge is 0.147 e. The number of rotatable bonds is 2. The monoisotopic (exact) mass is 233 g/mol. The van der Waals surface area contributed by atoms with Gasteiger partial charge in [0, 0.05) is 11.7 Å². The van der Waals surface area contributed by atoms with E-state index in [1.165, 1.54) is 6.07 Å². The Bertz CT molecular complexity index is 544. The van der Waals surface area contributed by atoms with Crippen molar-refractivity contribution < 1.29 is 4.39 Å². The van der Waals surface area contributed by atoms with Crippen molar-refractivity contribution in [2.45, 2.75) is 26.8 Å². The number of imidazole rings is 1. The maximum absolute atomic E-state index is 14.0. The highest BCUT2D eigenvalue weighted by atomic mass is 19.1. The van der Waals surface area contributed by atoms with Crippen molar-refractivity contribution in [3.8, 4) is 5.69 Å². The lowest BCUT2D eigenvalue weighted by Crippen LogP contribution is -2.07. The van der Waals surface area contributed by atoms with Gasteiger partial charge in [0.05, 0.1) is 17.7 Å². The quantitative estimate of drug-likeness (QED) is 0.866. The molecule has 2 N–H and O–H groups in total. The van der Waals surface area contributed by atoms with Crippen LogP contribution in [-0.2, 0) is 0 Å². The molecule has 0 aliphatic rings. The molecule has 1 heterocycles. The Morgan fingerprint density at radius 1 is 1.35 bits per heavy atom. The minimum Gasteiger partial charge on any atom is -0.324 e. The SMILES string of the molecule is Cc1ncn(-c2ccc([C@H](C)N)cc2F)c1C. The summed E-state index contributed by atoms with van der Waals surface area (Å²) < 4.78 is 15.7. The molecule has 17 heavy (non-hydrogen) atoms. The van der Waals surface area contributed by atoms with Crippen LogP contribution < -0.4 is 5.73 Å². The number of halogens is 1. The van der Waals surface area contributed by atoms with Gasteiger partial charge in [0.15, 0.2) is 0 Å². The molecule has 0 saturated carbocycles. The molecule has 3 nitrogen and oxygen atoms in total. The maximum Gasteiger partial charge on any atom is 0.147 e. The van der Waals surface area contributed by atoms with E-state index in [-0.39, 0.29) is 11.9 Å². The normalized spacial score (nSPS) is 12.8. The lowest BCUT2D eigenvalue weighted by Gasteiger charge is -2.10. The van der Waals surface area contributed by atoms with Crippen molar-refractivity contribution in [2.24, 2.45) is 5.73 Å². The number of aromatic nitrogens is 2. The van der Waals surface area contributed by atoms with E-state index in [0.29, 0.717) is 5.69 Å². The second-order valence-electron chi connectivity index (χ2n) is 4.28. The fourth-order valence-corrected chi connectivity index (χ4v) is 1.74. The van der Waals surface area contributed by atoms with Crippen LogP contribution in [0.1, 0.15) is 29.9 Å². The largest absolute Gasteiger partial charge is 0.324 e. The van der Waals surface area contributed by atoms with Gasteiger partial charge in [-0.3, -0.25) is 0 Å². The van der Waals surface area contributed by atoms with E-state index in [2.05, 4.69) is 4.98 Å². The van der Waals surface area contributed by atoms with Crippen LogP contribution in [0, 0.1) is 19.7 Å².